The van der Waals surface area contributed by atoms with Gasteiger partial charge in [-0.15, -0.1) is 0 Å². The van der Waals surface area contributed by atoms with Crippen LogP contribution in [0.1, 0.15) is 126 Å². The molecule has 0 unspecified atom stereocenters. The van der Waals surface area contributed by atoms with E-state index in [2.05, 4.69) is 6.92 Å². The zero-order chi connectivity index (χ0) is 17.2. The first-order valence-electron chi connectivity index (χ1n) is 10.4. The Hall–Kier alpha value is 1.04. The molecule has 0 radical (unpaired) electrons. The minimum absolute atomic E-state index is 0. The van der Waals surface area contributed by atoms with Crippen LogP contribution in [0.3, 0.4) is 0 Å². The minimum Gasteiger partial charge on any atom is -1.00 e. The summed E-state index contributed by atoms with van der Waals surface area (Å²) in [6, 6.07) is 0. The molecular weight excluding hydrogens is 422 g/mol. The summed E-state index contributed by atoms with van der Waals surface area (Å²) >= 11 is 0. The summed E-state index contributed by atoms with van der Waals surface area (Å²) in [6.45, 7) is 6.09. The normalized spacial score (nSPS) is 10.7. The van der Waals surface area contributed by atoms with Crippen molar-refractivity contribution in [2.24, 2.45) is 0 Å². The van der Waals surface area contributed by atoms with E-state index in [9.17, 15) is 4.79 Å². The summed E-state index contributed by atoms with van der Waals surface area (Å²) in [4.78, 5) is 11.4. The smallest absolute Gasteiger partial charge is 1.00 e. The Kier molecular flexibility index (Phi) is 25.1. The molecule has 0 aliphatic rings. The molecule has 2 nitrogen and oxygen atoms in total. The number of unbranched alkanes of at least 4 members (excludes halogenated alkanes) is 14. The van der Waals surface area contributed by atoms with Crippen molar-refractivity contribution in [2.75, 3.05) is 0 Å². The van der Waals surface area contributed by atoms with E-state index in [0.29, 0.717) is 6.42 Å². The van der Waals surface area contributed by atoms with Crippen molar-refractivity contribution in [1.82, 2.24) is 0 Å². The van der Waals surface area contributed by atoms with Crippen LogP contribution in [0.2, 0.25) is 0 Å². The van der Waals surface area contributed by atoms with E-state index in [0.717, 1.165) is 6.42 Å². The van der Waals surface area contributed by atoms with Crippen LogP contribution in [-0.2, 0) is 9.53 Å². The predicted octanol–water partition coefficient (Wildman–Crippen LogP) is 7.04. The quantitative estimate of drug-likeness (QED) is 0.131. The topological polar surface area (TPSA) is 26.3 Å². The van der Waals surface area contributed by atoms with Crippen LogP contribution in [0, 0.1) is 0 Å². The molecule has 0 aromatic carbocycles. The molecule has 0 spiro atoms. The maximum Gasteiger partial charge on any atom is 2.00 e. The van der Waals surface area contributed by atoms with Crippen molar-refractivity contribution >= 4 is 54.9 Å². The van der Waals surface area contributed by atoms with Gasteiger partial charge in [-0.1, -0.05) is 96.8 Å². The van der Waals surface area contributed by atoms with Crippen molar-refractivity contribution in [1.29, 1.82) is 0 Å². The zero-order valence-electron chi connectivity index (χ0n) is 18.9. The second-order valence-corrected chi connectivity index (χ2v) is 7.24. The minimum atomic E-state index is -0.0327. The van der Waals surface area contributed by atoms with Crippen LogP contribution < -0.4 is 0 Å². The van der Waals surface area contributed by atoms with Gasteiger partial charge in [-0.2, -0.15) is 0 Å². The van der Waals surface area contributed by atoms with Crippen molar-refractivity contribution in [3.63, 3.8) is 0 Å². The largest absolute Gasteiger partial charge is 2.00 e. The molecule has 0 atom stereocenters. The summed E-state index contributed by atoms with van der Waals surface area (Å²) in [6.07, 6.45) is 20.9. The number of rotatable bonds is 17. The molecule has 0 aromatic rings. The first-order valence-corrected chi connectivity index (χ1v) is 10.4. The van der Waals surface area contributed by atoms with Crippen LogP contribution in [0.15, 0.2) is 0 Å². The zero-order valence-corrected chi connectivity index (χ0v) is 21.4. The SMILES string of the molecule is CCCCCCCCCCCCCCCCCC(=O)OC(C)C.[Ba+2].[H-].[H-]. The molecule has 24 heavy (non-hydrogen) atoms. The second-order valence-electron chi connectivity index (χ2n) is 7.24. The van der Waals surface area contributed by atoms with E-state index < -0.39 is 0 Å². The average molecular weight is 466 g/mol. The molecule has 0 aromatic heterocycles. The molecule has 0 amide bonds. The number of carbonyl (C=O) groups is 1. The third-order valence-corrected chi connectivity index (χ3v) is 4.35. The van der Waals surface area contributed by atoms with E-state index in [-0.39, 0.29) is 63.8 Å². The van der Waals surface area contributed by atoms with Crippen molar-refractivity contribution < 1.29 is 12.4 Å². The molecule has 3 heteroatoms. The molecule has 0 saturated carbocycles. The third kappa shape index (κ3) is 23.0. The van der Waals surface area contributed by atoms with Crippen LogP contribution in [0.5, 0.6) is 0 Å². The van der Waals surface area contributed by atoms with E-state index in [1.165, 1.54) is 89.9 Å². The van der Waals surface area contributed by atoms with Gasteiger partial charge in [-0.05, 0) is 20.3 Å². The van der Waals surface area contributed by atoms with E-state index in [4.69, 9.17) is 4.74 Å². The summed E-state index contributed by atoms with van der Waals surface area (Å²) in [5.41, 5.74) is 0. The van der Waals surface area contributed by atoms with Gasteiger partial charge in [0.15, 0.2) is 0 Å². The molecule has 0 bridgehead atoms. The predicted molar refractivity (Wildman–Crippen MR) is 109 cm³/mol. The van der Waals surface area contributed by atoms with Gasteiger partial charge in [0.2, 0.25) is 0 Å². The van der Waals surface area contributed by atoms with Gasteiger partial charge in [-0.3, -0.25) is 4.79 Å². The average Bonchev–Trinajstić information content (AvgIpc) is 2.50. The number of hydrogen-bond acceptors (Lipinski definition) is 2. The number of esters is 1. The van der Waals surface area contributed by atoms with Crippen molar-refractivity contribution in [2.45, 2.75) is 130 Å². The van der Waals surface area contributed by atoms with Gasteiger partial charge in [-0.25, -0.2) is 0 Å². The van der Waals surface area contributed by atoms with Crippen LogP contribution in [0.25, 0.3) is 0 Å². The Balaban J connectivity index is -0.000000807. The maximum atomic E-state index is 11.4. The third-order valence-electron chi connectivity index (χ3n) is 4.35. The van der Waals surface area contributed by atoms with Crippen molar-refractivity contribution in [3.05, 3.63) is 0 Å². The maximum absolute atomic E-state index is 11.4. The Morgan fingerprint density at radius 3 is 1.38 bits per heavy atom. The first-order chi connectivity index (χ1) is 11.2. The van der Waals surface area contributed by atoms with Crippen LogP contribution >= 0.6 is 0 Å². The van der Waals surface area contributed by atoms with E-state index >= 15 is 0 Å². The number of hydrogen-bond donors (Lipinski definition) is 0. The van der Waals surface area contributed by atoms with Crippen molar-refractivity contribution in [3.8, 4) is 0 Å². The fraction of sp³-hybridized carbons (Fsp3) is 0.952. The summed E-state index contributed by atoms with van der Waals surface area (Å²) < 4.78 is 5.13. The van der Waals surface area contributed by atoms with Gasteiger partial charge >= 0.3 is 54.9 Å². The molecule has 0 N–H and O–H groups in total. The van der Waals surface area contributed by atoms with Crippen LogP contribution in [-0.4, -0.2) is 61.0 Å². The van der Waals surface area contributed by atoms with Crippen LogP contribution in [0.4, 0.5) is 0 Å². The molecular formula is C21H44BaO2. The molecule has 0 aliphatic carbocycles. The summed E-state index contributed by atoms with van der Waals surface area (Å²) in [5.74, 6) is -0.0327. The number of ether oxygens (including phenoxy) is 1. The van der Waals surface area contributed by atoms with Gasteiger partial charge in [0.05, 0.1) is 6.10 Å². The first kappa shape index (κ1) is 27.3. The van der Waals surface area contributed by atoms with Gasteiger partial charge < -0.3 is 7.59 Å². The Labute approximate surface area is 195 Å². The van der Waals surface area contributed by atoms with Gasteiger partial charge in [0.25, 0.3) is 0 Å². The monoisotopic (exact) mass is 466 g/mol. The Morgan fingerprint density at radius 2 is 1.04 bits per heavy atom. The summed E-state index contributed by atoms with van der Waals surface area (Å²) in [5, 5.41) is 0. The second kappa shape index (κ2) is 22.1. The molecule has 142 valence electrons. The van der Waals surface area contributed by atoms with E-state index in [1.54, 1.807) is 0 Å². The van der Waals surface area contributed by atoms with Gasteiger partial charge in [0.1, 0.15) is 0 Å². The summed E-state index contributed by atoms with van der Waals surface area (Å²) in [7, 11) is 0. The Morgan fingerprint density at radius 1 is 0.708 bits per heavy atom. The van der Waals surface area contributed by atoms with E-state index in [1.807, 2.05) is 13.8 Å². The molecule has 0 aliphatic heterocycles. The fourth-order valence-corrected chi connectivity index (χ4v) is 2.96. The Bertz CT molecular complexity index is 264. The fourth-order valence-electron chi connectivity index (χ4n) is 2.96. The molecule has 0 heterocycles. The molecule has 0 saturated heterocycles. The molecule has 0 rings (SSSR count). The molecule has 0 fully saturated rings. The number of carbonyl (C=O) groups excluding carboxylic acids is 1. The van der Waals surface area contributed by atoms with Gasteiger partial charge in [0, 0.05) is 6.42 Å². The standard InChI is InChI=1S/C21H42O2.Ba.2H/c1-4-5-6-7-8-9-10-11-12-13-14-15-16-17-18-19-21(22)23-20(2)3;;;/h20H,4-19H2,1-3H3;;;/q;+2;2*-1.